The third-order valence-electron chi connectivity index (χ3n) is 8.36. The number of aromatic nitrogens is 4. The van der Waals surface area contributed by atoms with Gasteiger partial charge in [0.25, 0.3) is 5.91 Å². The molecule has 242 valence electrons. The van der Waals surface area contributed by atoms with E-state index in [1.165, 1.54) is 11.0 Å². The van der Waals surface area contributed by atoms with Crippen molar-refractivity contribution in [3.05, 3.63) is 94.2 Å². The van der Waals surface area contributed by atoms with E-state index in [0.717, 1.165) is 49.7 Å². The zero-order valence-electron chi connectivity index (χ0n) is 25.8. The number of carbonyl (C=O) groups is 1. The lowest BCUT2D eigenvalue weighted by molar-refractivity contribution is -0.190. The minimum absolute atomic E-state index is 0.0286. The number of ether oxygens (including phenoxy) is 3. The van der Waals surface area contributed by atoms with Gasteiger partial charge in [0.1, 0.15) is 31.3 Å². The van der Waals surface area contributed by atoms with Gasteiger partial charge in [-0.15, -0.1) is 5.10 Å². The van der Waals surface area contributed by atoms with Crippen LogP contribution in [0, 0.1) is 0 Å². The average molecular weight is 667 g/mol. The topological polar surface area (TPSA) is 107 Å². The molecule has 1 aromatic heterocycles. The van der Waals surface area contributed by atoms with Gasteiger partial charge in [-0.3, -0.25) is 4.79 Å². The van der Waals surface area contributed by atoms with Crippen molar-refractivity contribution in [2.45, 2.75) is 44.7 Å². The van der Waals surface area contributed by atoms with Crippen molar-refractivity contribution in [1.29, 1.82) is 0 Å². The van der Waals surface area contributed by atoms with Crippen LogP contribution in [0.3, 0.4) is 0 Å². The second-order valence-electron chi connectivity index (χ2n) is 11.5. The first kappa shape index (κ1) is 32.1. The standard InChI is InChI=1S/C33H37Cl2N7O4/c1-3-23(2)37-32(43)24-4-7-26(8-5-24)40-14-16-41(17-15-40)27-9-11-28(12-10-27)44-19-29-20-45-33(46-29,21-42-22-36-38-39-42)30-13-6-25(34)18-31(30)35/h4-13,18,22-23,29H,3,14-17,19-21H2,1-2H3,(H,37,43)/t23?,29-,33-/m1/s1. The molecular formula is C33H37Cl2N7O4. The highest BCUT2D eigenvalue weighted by molar-refractivity contribution is 6.35. The molecule has 0 bridgehead atoms. The summed E-state index contributed by atoms with van der Waals surface area (Å²) in [6.45, 7) is 8.43. The number of tetrazole rings is 1. The molecule has 0 spiro atoms. The molecule has 1 amide bonds. The Morgan fingerprint density at radius 2 is 1.70 bits per heavy atom. The summed E-state index contributed by atoms with van der Waals surface area (Å²) in [5.41, 5.74) is 3.60. The predicted molar refractivity (Wildman–Crippen MR) is 177 cm³/mol. The molecule has 0 aliphatic carbocycles. The number of nitrogens with zero attached hydrogens (tertiary/aromatic N) is 6. The molecule has 3 aromatic carbocycles. The van der Waals surface area contributed by atoms with E-state index in [0.29, 0.717) is 34.4 Å². The van der Waals surface area contributed by atoms with E-state index in [1.54, 1.807) is 18.2 Å². The second kappa shape index (κ2) is 14.3. The zero-order valence-corrected chi connectivity index (χ0v) is 27.3. The number of rotatable bonds is 11. The lowest BCUT2D eigenvalue weighted by Gasteiger charge is -2.37. The number of anilines is 2. The molecule has 2 saturated heterocycles. The number of hydrogen-bond donors (Lipinski definition) is 1. The summed E-state index contributed by atoms with van der Waals surface area (Å²) in [4.78, 5) is 17.1. The minimum Gasteiger partial charge on any atom is -0.491 e. The molecular weight excluding hydrogens is 629 g/mol. The normalized spacial score (nSPS) is 20.5. The molecule has 46 heavy (non-hydrogen) atoms. The van der Waals surface area contributed by atoms with E-state index in [-0.39, 0.29) is 24.6 Å². The Kier molecular flexibility index (Phi) is 9.93. The first-order chi connectivity index (χ1) is 22.3. The molecule has 0 saturated carbocycles. The van der Waals surface area contributed by atoms with Crippen molar-refractivity contribution in [1.82, 2.24) is 25.5 Å². The molecule has 6 rings (SSSR count). The van der Waals surface area contributed by atoms with Crippen LogP contribution in [0.5, 0.6) is 5.75 Å². The number of halogens is 2. The fourth-order valence-corrected chi connectivity index (χ4v) is 6.17. The zero-order chi connectivity index (χ0) is 32.1. The summed E-state index contributed by atoms with van der Waals surface area (Å²) < 4.78 is 20.3. The van der Waals surface area contributed by atoms with E-state index >= 15 is 0 Å². The van der Waals surface area contributed by atoms with Crippen LogP contribution in [0.2, 0.25) is 10.0 Å². The van der Waals surface area contributed by atoms with Crippen molar-refractivity contribution >= 4 is 40.5 Å². The van der Waals surface area contributed by atoms with Gasteiger partial charge in [-0.25, -0.2) is 4.68 Å². The third-order valence-corrected chi connectivity index (χ3v) is 8.91. The van der Waals surface area contributed by atoms with Crippen LogP contribution in [0.4, 0.5) is 11.4 Å². The Morgan fingerprint density at radius 3 is 2.30 bits per heavy atom. The number of carbonyl (C=O) groups excluding carboxylic acids is 1. The summed E-state index contributed by atoms with van der Waals surface area (Å²) in [6, 6.07) is 21.4. The number of amides is 1. The molecule has 3 heterocycles. The summed E-state index contributed by atoms with van der Waals surface area (Å²) in [5.74, 6) is -0.480. The average Bonchev–Trinajstić information content (AvgIpc) is 3.74. The van der Waals surface area contributed by atoms with Crippen LogP contribution >= 0.6 is 23.2 Å². The lowest BCUT2D eigenvalue weighted by Crippen LogP contribution is -2.46. The van der Waals surface area contributed by atoms with Crippen molar-refractivity contribution in [3.8, 4) is 5.75 Å². The molecule has 2 fully saturated rings. The van der Waals surface area contributed by atoms with Crippen LogP contribution in [0.1, 0.15) is 36.2 Å². The first-order valence-corrected chi connectivity index (χ1v) is 16.2. The Balaban J connectivity index is 1.01. The molecule has 1 unspecified atom stereocenters. The van der Waals surface area contributed by atoms with Gasteiger partial charge in [-0.1, -0.05) is 36.2 Å². The number of nitrogens with one attached hydrogen (secondary N) is 1. The SMILES string of the molecule is CCC(C)NC(=O)c1ccc(N2CCN(c3ccc(OC[C@@H]4CO[C@@](Cn5cnnn5)(c5ccc(Cl)cc5Cl)O4)cc3)CC2)cc1. The van der Waals surface area contributed by atoms with Crippen molar-refractivity contribution in [3.63, 3.8) is 0 Å². The molecule has 11 nitrogen and oxygen atoms in total. The Bertz CT molecular complexity index is 1600. The van der Waals surface area contributed by atoms with Gasteiger partial charge in [0.05, 0.1) is 11.6 Å². The largest absolute Gasteiger partial charge is 0.491 e. The summed E-state index contributed by atoms with van der Waals surface area (Å²) in [5, 5.41) is 15.4. The Hall–Kier alpha value is -3.90. The molecule has 2 aliphatic rings. The van der Waals surface area contributed by atoms with Gasteiger partial charge in [0, 0.05) is 59.7 Å². The molecule has 4 aromatic rings. The number of benzene rings is 3. The van der Waals surface area contributed by atoms with E-state index in [2.05, 4.69) is 49.7 Å². The summed E-state index contributed by atoms with van der Waals surface area (Å²) >= 11 is 12.7. The van der Waals surface area contributed by atoms with Gasteiger partial charge >= 0.3 is 0 Å². The Morgan fingerprint density at radius 1 is 1.02 bits per heavy atom. The lowest BCUT2D eigenvalue weighted by atomic mass is 10.1. The fourth-order valence-electron chi connectivity index (χ4n) is 5.62. The Labute approximate surface area is 278 Å². The van der Waals surface area contributed by atoms with Gasteiger partial charge in [-0.2, -0.15) is 0 Å². The van der Waals surface area contributed by atoms with E-state index < -0.39 is 5.79 Å². The van der Waals surface area contributed by atoms with Crippen LogP contribution in [-0.4, -0.2) is 77.7 Å². The van der Waals surface area contributed by atoms with Crippen molar-refractivity contribution in [2.75, 3.05) is 49.2 Å². The summed E-state index contributed by atoms with van der Waals surface area (Å²) in [6.07, 6.45) is 2.05. The number of hydrogen-bond acceptors (Lipinski definition) is 9. The smallest absolute Gasteiger partial charge is 0.251 e. The van der Waals surface area contributed by atoms with Gasteiger partial charge < -0.3 is 29.3 Å². The van der Waals surface area contributed by atoms with Crippen molar-refractivity contribution in [2.24, 2.45) is 0 Å². The quantitative estimate of drug-likeness (QED) is 0.232. The van der Waals surface area contributed by atoms with E-state index in [1.807, 2.05) is 43.3 Å². The fraction of sp³-hybridized carbons (Fsp3) is 0.394. The van der Waals surface area contributed by atoms with Gasteiger partial charge in [0.2, 0.25) is 5.79 Å². The van der Waals surface area contributed by atoms with Gasteiger partial charge in [0.15, 0.2) is 0 Å². The van der Waals surface area contributed by atoms with Crippen LogP contribution in [0.15, 0.2) is 73.1 Å². The maximum Gasteiger partial charge on any atom is 0.251 e. The van der Waals surface area contributed by atoms with Crippen LogP contribution in [-0.2, 0) is 21.8 Å². The highest BCUT2D eigenvalue weighted by Gasteiger charge is 2.45. The first-order valence-electron chi connectivity index (χ1n) is 15.4. The monoisotopic (exact) mass is 665 g/mol. The van der Waals surface area contributed by atoms with E-state index in [4.69, 9.17) is 37.4 Å². The third kappa shape index (κ3) is 7.39. The second-order valence-corrected chi connectivity index (χ2v) is 12.4. The molecule has 2 aliphatic heterocycles. The maximum atomic E-state index is 12.4. The molecule has 13 heteroatoms. The molecule has 1 N–H and O–H groups in total. The molecule has 3 atom stereocenters. The highest BCUT2D eigenvalue weighted by Crippen LogP contribution is 2.40. The highest BCUT2D eigenvalue weighted by atomic mass is 35.5. The van der Waals surface area contributed by atoms with Gasteiger partial charge in [-0.05, 0) is 84.4 Å². The minimum atomic E-state index is -1.19. The van der Waals surface area contributed by atoms with Crippen LogP contribution in [0.25, 0.3) is 0 Å². The predicted octanol–water partition coefficient (Wildman–Crippen LogP) is 5.18. The number of piperazine rings is 1. The van der Waals surface area contributed by atoms with E-state index in [9.17, 15) is 4.79 Å². The molecule has 0 radical (unpaired) electrons. The maximum absolute atomic E-state index is 12.4. The van der Waals surface area contributed by atoms with Crippen LogP contribution < -0.4 is 19.9 Å². The summed E-state index contributed by atoms with van der Waals surface area (Å²) in [7, 11) is 0. The van der Waals surface area contributed by atoms with Crippen molar-refractivity contribution < 1.29 is 19.0 Å².